The number of nitrogens with one attached hydrogen (secondary N) is 4. The molecule has 0 spiro atoms. The number of carboxylic acids is 1. The molecule has 1 aromatic carbocycles. The Morgan fingerprint density at radius 3 is 2.22 bits per heavy atom. The Labute approximate surface area is 213 Å². The normalized spacial score (nSPS) is 14.5. The summed E-state index contributed by atoms with van der Waals surface area (Å²) < 4.78 is 0. The number of carbonyl (C=O) groups excluding carboxylic acids is 4. The summed E-state index contributed by atoms with van der Waals surface area (Å²) in [6.07, 6.45) is 1.30. The Hall–Kier alpha value is -3.58. The second-order valence-electron chi connectivity index (χ2n) is 8.71. The third kappa shape index (κ3) is 7.71. The monoisotopic (exact) mass is 520 g/mol. The zero-order valence-electron chi connectivity index (χ0n) is 20.0. The number of para-hydroxylation sites is 1. The standard InChI is InChI=1S/C23H32N6O6S/c1-11(2)19(29-20(31)14(24)8-18(25)30)22(33)28-17(10-36)21(32)27-16(23(34)35)7-12-9-26-15-6-4-3-5-13(12)15/h3-6,9,11,14,16-17,19,26,36H,7-8,10,24H2,1-2H3,(H2,25,30)(H,27,32)(H,28,33)(H,29,31)(H,34,35). The number of aliphatic carboxylic acids is 1. The van der Waals surface area contributed by atoms with E-state index < -0.39 is 66.1 Å². The molecule has 0 saturated carbocycles. The number of fused-ring (bicyclic) bond motifs is 1. The molecule has 0 bridgehead atoms. The fraction of sp³-hybridized carbons (Fsp3) is 0.435. The summed E-state index contributed by atoms with van der Waals surface area (Å²) in [5.41, 5.74) is 12.2. The van der Waals surface area contributed by atoms with Crippen molar-refractivity contribution in [1.82, 2.24) is 20.9 Å². The number of rotatable bonds is 13. The molecule has 2 aromatic rings. The van der Waals surface area contributed by atoms with Crippen LogP contribution in [-0.2, 0) is 30.4 Å². The Morgan fingerprint density at radius 1 is 1.00 bits per heavy atom. The first kappa shape index (κ1) is 28.7. The van der Waals surface area contributed by atoms with E-state index in [0.717, 1.165) is 10.9 Å². The molecule has 13 heteroatoms. The number of amides is 4. The highest BCUT2D eigenvalue weighted by atomic mass is 32.1. The molecule has 0 radical (unpaired) electrons. The van der Waals surface area contributed by atoms with Crippen molar-refractivity contribution in [3.63, 3.8) is 0 Å². The van der Waals surface area contributed by atoms with Crippen molar-refractivity contribution >= 4 is 53.1 Å². The van der Waals surface area contributed by atoms with Crippen LogP contribution in [-0.4, -0.2) is 69.6 Å². The number of benzene rings is 1. The van der Waals surface area contributed by atoms with Crippen LogP contribution in [0, 0.1) is 5.92 Å². The van der Waals surface area contributed by atoms with E-state index in [4.69, 9.17) is 11.5 Å². The number of carbonyl (C=O) groups is 5. The zero-order valence-corrected chi connectivity index (χ0v) is 20.9. The van der Waals surface area contributed by atoms with Gasteiger partial charge in [0, 0.05) is 29.3 Å². The smallest absolute Gasteiger partial charge is 0.326 e. The van der Waals surface area contributed by atoms with Crippen LogP contribution in [0.2, 0.25) is 0 Å². The van der Waals surface area contributed by atoms with E-state index in [9.17, 15) is 29.1 Å². The summed E-state index contributed by atoms with van der Waals surface area (Å²) >= 11 is 4.11. The van der Waals surface area contributed by atoms with Crippen molar-refractivity contribution in [3.8, 4) is 0 Å². The number of hydrogen-bond acceptors (Lipinski definition) is 7. The van der Waals surface area contributed by atoms with Gasteiger partial charge in [-0.1, -0.05) is 32.0 Å². The second-order valence-corrected chi connectivity index (χ2v) is 9.08. The van der Waals surface area contributed by atoms with Crippen LogP contribution in [0.15, 0.2) is 30.5 Å². The fourth-order valence-corrected chi connectivity index (χ4v) is 3.81. The number of aromatic nitrogens is 1. The SMILES string of the molecule is CC(C)C(NC(=O)C(N)CC(N)=O)C(=O)NC(CS)C(=O)NC(Cc1c[nH]c2ccccc12)C(=O)O. The molecule has 36 heavy (non-hydrogen) atoms. The number of primary amides is 1. The van der Waals surface area contributed by atoms with Gasteiger partial charge in [-0.3, -0.25) is 19.2 Å². The van der Waals surface area contributed by atoms with Crippen molar-refractivity contribution in [1.29, 1.82) is 0 Å². The lowest BCUT2D eigenvalue weighted by molar-refractivity contribution is -0.142. The van der Waals surface area contributed by atoms with Crippen LogP contribution in [0.1, 0.15) is 25.8 Å². The van der Waals surface area contributed by atoms with Crippen LogP contribution >= 0.6 is 12.6 Å². The van der Waals surface area contributed by atoms with Gasteiger partial charge >= 0.3 is 5.97 Å². The molecule has 1 aromatic heterocycles. The molecule has 4 amide bonds. The van der Waals surface area contributed by atoms with E-state index in [-0.39, 0.29) is 12.2 Å². The highest BCUT2D eigenvalue weighted by molar-refractivity contribution is 7.80. The van der Waals surface area contributed by atoms with Gasteiger partial charge in [0.05, 0.1) is 12.5 Å². The Kier molecular flexibility index (Phi) is 10.3. The number of H-pyrrole nitrogens is 1. The third-order valence-electron chi connectivity index (χ3n) is 5.53. The summed E-state index contributed by atoms with van der Waals surface area (Å²) in [5.74, 6) is -4.72. The molecule has 0 aliphatic rings. The second kappa shape index (κ2) is 12.9. The average molecular weight is 521 g/mol. The van der Waals surface area contributed by atoms with Gasteiger partial charge in [0.1, 0.15) is 18.1 Å². The molecule has 4 atom stereocenters. The lowest BCUT2D eigenvalue weighted by Crippen LogP contribution is -2.59. The average Bonchev–Trinajstić information content (AvgIpc) is 3.22. The van der Waals surface area contributed by atoms with Crippen LogP contribution < -0.4 is 27.4 Å². The number of aromatic amines is 1. The maximum Gasteiger partial charge on any atom is 0.326 e. The summed E-state index contributed by atoms with van der Waals surface area (Å²) in [4.78, 5) is 63.9. The number of thiol groups is 1. The van der Waals surface area contributed by atoms with Crippen LogP contribution in [0.4, 0.5) is 0 Å². The molecule has 12 nitrogen and oxygen atoms in total. The minimum atomic E-state index is -1.26. The van der Waals surface area contributed by atoms with Gasteiger partial charge in [0.2, 0.25) is 23.6 Å². The molecule has 0 fully saturated rings. The quantitative estimate of drug-likeness (QED) is 0.155. The van der Waals surface area contributed by atoms with Crippen molar-refractivity contribution in [3.05, 3.63) is 36.0 Å². The summed E-state index contributed by atoms with van der Waals surface area (Å²) in [5, 5.41) is 17.9. The van der Waals surface area contributed by atoms with Gasteiger partial charge < -0.3 is 37.5 Å². The van der Waals surface area contributed by atoms with Gasteiger partial charge in [-0.05, 0) is 17.5 Å². The van der Waals surface area contributed by atoms with Crippen LogP contribution in [0.5, 0.6) is 0 Å². The molecule has 196 valence electrons. The van der Waals surface area contributed by atoms with Crippen LogP contribution in [0.3, 0.4) is 0 Å². The predicted octanol–water partition coefficient (Wildman–Crippen LogP) is -0.962. The summed E-state index contributed by atoms with van der Waals surface area (Å²) in [6.45, 7) is 3.34. The lowest BCUT2D eigenvalue weighted by atomic mass is 10.0. The highest BCUT2D eigenvalue weighted by Gasteiger charge is 2.31. The first-order valence-electron chi connectivity index (χ1n) is 11.3. The van der Waals surface area contributed by atoms with E-state index in [1.807, 2.05) is 24.3 Å². The van der Waals surface area contributed by atoms with Crippen molar-refractivity contribution in [2.24, 2.45) is 17.4 Å². The van der Waals surface area contributed by atoms with E-state index in [1.54, 1.807) is 20.0 Å². The minimum Gasteiger partial charge on any atom is -0.480 e. The van der Waals surface area contributed by atoms with Gasteiger partial charge in [0.25, 0.3) is 0 Å². The van der Waals surface area contributed by atoms with Crippen molar-refractivity contribution in [2.45, 2.75) is 50.9 Å². The first-order valence-corrected chi connectivity index (χ1v) is 11.9. The molecule has 0 aliphatic heterocycles. The molecule has 0 aliphatic carbocycles. The Morgan fingerprint density at radius 2 is 1.64 bits per heavy atom. The Balaban J connectivity index is 2.08. The maximum absolute atomic E-state index is 12.9. The van der Waals surface area contributed by atoms with E-state index in [2.05, 4.69) is 33.6 Å². The van der Waals surface area contributed by atoms with Crippen LogP contribution in [0.25, 0.3) is 10.9 Å². The molecule has 4 unspecified atom stereocenters. The topological polar surface area (TPSA) is 209 Å². The number of carboxylic acid groups (broad SMARTS) is 1. The maximum atomic E-state index is 12.9. The minimum absolute atomic E-state index is 0.0146. The van der Waals surface area contributed by atoms with Gasteiger partial charge in [0.15, 0.2) is 0 Å². The Bertz CT molecular complexity index is 1120. The predicted molar refractivity (Wildman–Crippen MR) is 136 cm³/mol. The fourth-order valence-electron chi connectivity index (χ4n) is 3.55. The van der Waals surface area contributed by atoms with Crippen molar-refractivity contribution in [2.75, 3.05) is 5.75 Å². The summed E-state index contributed by atoms with van der Waals surface area (Å²) in [6, 6.07) is 2.61. The number of hydrogen-bond donors (Lipinski definition) is 8. The zero-order chi connectivity index (χ0) is 27.0. The molecule has 2 rings (SSSR count). The molecular weight excluding hydrogens is 488 g/mol. The van der Waals surface area contributed by atoms with E-state index >= 15 is 0 Å². The highest BCUT2D eigenvalue weighted by Crippen LogP contribution is 2.19. The molecule has 0 saturated heterocycles. The van der Waals surface area contributed by atoms with Gasteiger partial charge in [-0.2, -0.15) is 12.6 Å². The van der Waals surface area contributed by atoms with E-state index in [1.165, 1.54) is 0 Å². The van der Waals surface area contributed by atoms with Crippen molar-refractivity contribution < 1.29 is 29.1 Å². The van der Waals surface area contributed by atoms with Gasteiger partial charge in [-0.15, -0.1) is 0 Å². The number of nitrogens with two attached hydrogens (primary N) is 2. The largest absolute Gasteiger partial charge is 0.480 e. The third-order valence-corrected chi connectivity index (χ3v) is 5.90. The van der Waals surface area contributed by atoms with Gasteiger partial charge in [-0.25, -0.2) is 4.79 Å². The molecule has 1 heterocycles. The molecule has 9 N–H and O–H groups in total. The lowest BCUT2D eigenvalue weighted by Gasteiger charge is -2.26. The first-order chi connectivity index (χ1) is 16.9. The molecular formula is C23H32N6O6S. The van der Waals surface area contributed by atoms with E-state index in [0.29, 0.717) is 5.56 Å². The summed E-state index contributed by atoms with van der Waals surface area (Å²) in [7, 11) is 0.